The second-order valence-corrected chi connectivity index (χ2v) is 5.43. The molecule has 2 aliphatic rings. The van der Waals surface area contributed by atoms with Crippen LogP contribution in [0.25, 0.3) is 0 Å². The van der Waals surface area contributed by atoms with Gasteiger partial charge in [0.25, 0.3) is 0 Å². The van der Waals surface area contributed by atoms with Gasteiger partial charge in [-0.15, -0.1) is 5.10 Å². The molecule has 0 aliphatic carbocycles. The number of fused-ring (bicyclic) bond motifs is 3. The number of rotatable bonds is 2. The fraction of sp³-hybridized carbons (Fsp3) is 0.692. The molecule has 1 saturated heterocycles. The van der Waals surface area contributed by atoms with Crippen LogP contribution in [0, 0.1) is 0 Å². The Labute approximate surface area is 102 Å². The van der Waals surface area contributed by atoms with E-state index >= 15 is 0 Å². The second-order valence-electron chi connectivity index (χ2n) is 5.43. The summed E-state index contributed by atoms with van der Waals surface area (Å²) in [5.41, 5.74) is 2.65. The van der Waals surface area contributed by atoms with Gasteiger partial charge in [0.05, 0.1) is 16.9 Å². The maximum absolute atomic E-state index is 4.33. The van der Waals surface area contributed by atoms with Gasteiger partial charge < -0.3 is 10.2 Å². The summed E-state index contributed by atoms with van der Waals surface area (Å²) < 4.78 is 0. The summed E-state index contributed by atoms with van der Waals surface area (Å²) in [6.45, 7) is 6.67. The molecule has 1 aromatic heterocycles. The van der Waals surface area contributed by atoms with Crippen molar-refractivity contribution in [1.82, 2.24) is 10.2 Å². The zero-order valence-corrected chi connectivity index (χ0v) is 10.7. The van der Waals surface area contributed by atoms with Gasteiger partial charge in [0.15, 0.2) is 5.82 Å². The number of hydrogen-bond donors (Lipinski definition) is 1. The Bertz CT molecular complexity index is 431. The quantitative estimate of drug-likeness (QED) is 0.849. The summed E-state index contributed by atoms with van der Waals surface area (Å²) in [7, 11) is 0. The zero-order chi connectivity index (χ0) is 11.9. The van der Waals surface area contributed by atoms with Crippen LogP contribution in [0.3, 0.4) is 0 Å². The van der Waals surface area contributed by atoms with Crippen molar-refractivity contribution in [2.75, 3.05) is 23.3 Å². The normalized spacial score (nSPS) is 26.4. The Kier molecular flexibility index (Phi) is 2.45. The standard InChI is InChI=1S/C13H20N4/c1-3-5-10-8-11-12(16-15-10)14-9-13(2)6-4-7-17(11)13/h8H,3-7,9H2,1-2H3,(H,14,16)/t13-/m1/s1. The van der Waals surface area contributed by atoms with E-state index in [-0.39, 0.29) is 5.54 Å². The van der Waals surface area contributed by atoms with E-state index in [9.17, 15) is 0 Å². The van der Waals surface area contributed by atoms with Crippen molar-refractivity contribution >= 4 is 11.5 Å². The summed E-state index contributed by atoms with van der Waals surface area (Å²) in [5.74, 6) is 0.962. The highest BCUT2D eigenvalue weighted by molar-refractivity contribution is 5.70. The van der Waals surface area contributed by atoms with Gasteiger partial charge in [-0.25, -0.2) is 0 Å². The maximum atomic E-state index is 4.33. The van der Waals surface area contributed by atoms with Crippen molar-refractivity contribution in [2.24, 2.45) is 0 Å². The second kappa shape index (κ2) is 3.86. The van der Waals surface area contributed by atoms with E-state index in [0.717, 1.165) is 37.4 Å². The largest absolute Gasteiger partial charge is 0.365 e. The monoisotopic (exact) mass is 232 g/mol. The van der Waals surface area contributed by atoms with Gasteiger partial charge in [0.2, 0.25) is 0 Å². The average Bonchev–Trinajstić information content (AvgIpc) is 2.72. The van der Waals surface area contributed by atoms with Crippen LogP contribution in [0.1, 0.15) is 38.8 Å². The number of aryl methyl sites for hydroxylation is 1. The molecule has 4 heteroatoms. The van der Waals surface area contributed by atoms with Gasteiger partial charge in [-0.1, -0.05) is 13.3 Å². The van der Waals surface area contributed by atoms with Crippen LogP contribution < -0.4 is 10.2 Å². The van der Waals surface area contributed by atoms with Crippen LogP contribution in [-0.2, 0) is 6.42 Å². The van der Waals surface area contributed by atoms with Crippen molar-refractivity contribution in [1.29, 1.82) is 0 Å². The minimum Gasteiger partial charge on any atom is -0.365 e. The van der Waals surface area contributed by atoms with Gasteiger partial charge >= 0.3 is 0 Å². The number of hydrogen-bond acceptors (Lipinski definition) is 4. The first-order valence-corrected chi connectivity index (χ1v) is 6.61. The Morgan fingerprint density at radius 3 is 3.18 bits per heavy atom. The SMILES string of the molecule is CCCc1cc2c(nn1)NC[C@@]1(C)CCCN21. The summed E-state index contributed by atoms with van der Waals surface area (Å²) in [6, 6.07) is 2.22. The minimum absolute atomic E-state index is 0.277. The number of anilines is 2. The molecule has 17 heavy (non-hydrogen) atoms. The van der Waals surface area contributed by atoms with E-state index in [0.29, 0.717) is 0 Å². The fourth-order valence-electron chi connectivity index (χ4n) is 3.02. The Hall–Kier alpha value is -1.32. The average molecular weight is 232 g/mol. The number of nitrogens with one attached hydrogen (secondary N) is 1. The molecule has 92 valence electrons. The van der Waals surface area contributed by atoms with Gasteiger partial charge in [0, 0.05) is 13.1 Å². The third-order valence-corrected chi connectivity index (χ3v) is 4.01. The van der Waals surface area contributed by atoms with Crippen LogP contribution >= 0.6 is 0 Å². The Morgan fingerprint density at radius 2 is 2.35 bits per heavy atom. The maximum Gasteiger partial charge on any atom is 0.172 e. The lowest BCUT2D eigenvalue weighted by molar-refractivity contribution is 0.481. The third kappa shape index (κ3) is 1.66. The van der Waals surface area contributed by atoms with Gasteiger partial charge in [-0.2, -0.15) is 5.10 Å². The lowest BCUT2D eigenvalue weighted by atomic mass is 9.96. The van der Waals surface area contributed by atoms with Crippen molar-refractivity contribution in [3.63, 3.8) is 0 Å². The highest BCUT2D eigenvalue weighted by Crippen LogP contribution is 2.40. The molecule has 1 N–H and O–H groups in total. The topological polar surface area (TPSA) is 41.1 Å². The predicted octanol–water partition coefficient (Wildman–Crippen LogP) is 2.21. The first kappa shape index (κ1) is 10.8. The molecule has 0 bridgehead atoms. The van der Waals surface area contributed by atoms with Crippen molar-refractivity contribution in [3.05, 3.63) is 11.8 Å². The van der Waals surface area contributed by atoms with Gasteiger partial charge in [-0.3, -0.25) is 0 Å². The van der Waals surface area contributed by atoms with Crippen LogP contribution in [0.5, 0.6) is 0 Å². The van der Waals surface area contributed by atoms with E-state index in [1.165, 1.54) is 18.5 Å². The molecule has 1 aromatic rings. The van der Waals surface area contributed by atoms with Crippen LogP contribution in [0.2, 0.25) is 0 Å². The molecule has 2 aliphatic heterocycles. The molecule has 0 spiro atoms. The van der Waals surface area contributed by atoms with E-state index in [1.54, 1.807) is 0 Å². The van der Waals surface area contributed by atoms with Crippen molar-refractivity contribution in [3.8, 4) is 0 Å². The van der Waals surface area contributed by atoms with Crippen LogP contribution in [0.4, 0.5) is 11.5 Å². The third-order valence-electron chi connectivity index (χ3n) is 4.01. The molecule has 1 fully saturated rings. The molecule has 0 aromatic carbocycles. The number of nitrogens with zero attached hydrogens (tertiary/aromatic N) is 3. The molecule has 0 amide bonds. The molecule has 0 radical (unpaired) electrons. The fourth-order valence-corrected chi connectivity index (χ4v) is 3.02. The van der Waals surface area contributed by atoms with Gasteiger partial charge in [-0.05, 0) is 32.3 Å². The van der Waals surface area contributed by atoms with Crippen LogP contribution in [-0.4, -0.2) is 28.8 Å². The predicted molar refractivity (Wildman–Crippen MR) is 69.5 cm³/mol. The zero-order valence-electron chi connectivity index (χ0n) is 10.7. The highest BCUT2D eigenvalue weighted by Gasteiger charge is 2.41. The van der Waals surface area contributed by atoms with E-state index in [2.05, 4.69) is 40.3 Å². The first-order valence-electron chi connectivity index (χ1n) is 6.61. The van der Waals surface area contributed by atoms with Crippen LogP contribution in [0.15, 0.2) is 6.07 Å². The molecule has 3 rings (SSSR count). The van der Waals surface area contributed by atoms with Gasteiger partial charge in [0.1, 0.15) is 0 Å². The first-order chi connectivity index (χ1) is 8.23. The van der Waals surface area contributed by atoms with Crippen molar-refractivity contribution in [2.45, 2.75) is 45.1 Å². The molecule has 0 unspecified atom stereocenters. The highest BCUT2D eigenvalue weighted by atomic mass is 15.3. The summed E-state index contributed by atoms with van der Waals surface area (Å²) in [6.07, 6.45) is 4.69. The summed E-state index contributed by atoms with van der Waals surface area (Å²) in [5, 5.41) is 12.0. The molecular formula is C13H20N4. The Balaban J connectivity index is 2.00. The Morgan fingerprint density at radius 1 is 1.47 bits per heavy atom. The number of aromatic nitrogens is 2. The lowest BCUT2D eigenvalue weighted by Gasteiger charge is -2.42. The minimum atomic E-state index is 0.277. The smallest absolute Gasteiger partial charge is 0.172 e. The van der Waals surface area contributed by atoms with Crippen molar-refractivity contribution < 1.29 is 0 Å². The summed E-state index contributed by atoms with van der Waals surface area (Å²) >= 11 is 0. The molecule has 3 heterocycles. The molecular weight excluding hydrogens is 212 g/mol. The molecule has 1 atom stereocenters. The summed E-state index contributed by atoms with van der Waals surface area (Å²) in [4.78, 5) is 2.52. The van der Waals surface area contributed by atoms with E-state index in [1.807, 2.05) is 0 Å². The lowest BCUT2D eigenvalue weighted by Crippen LogP contribution is -2.50. The van der Waals surface area contributed by atoms with E-state index in [4.69, 9.17) is 0 Å². The van der Waals surface area contributed by atoms with E-state index < -0.39 is 0 Å². The molecule has 4 nitrogen and oxygen atoms in total. The molecule has 0 saturated carbocycles.